The van der Waals surface area contributed by atoms with Crippen LogP contribution in [0.2, 0.25) is 5.02 Å². The highest BCUT2D eigenvalue weighted by Crippen LogP contribution is 2.35. The largest absolute Gasteiger partial charge is 0.397 e. The molecule has 0 unspecified atom stereocenters. The molecule has 0 saturated carbocycles. The number of hydrogen-bond donors (Lipinski definition) is 2. The molecule has 3 aromatic heterocycles. The number of rotatable bonds is 0. The van der Waals surface area contributed by atoms with Crippen molar-refractivity contribution in [3.8, 4) is 0 Å². The van der Waals surface area contributed by atoms with Crippen molar-refractivity contribution < 1.29 is 0 Å². The van der Waals surface area contributed by atoms with Crippen LogP contribution in [0.3, 0.4) is 0 Å². The quantitative estimate of drug-likeness (QED) is 0.480. The average molecular weight is 269 g/mol. The van der Waals surface area contributed by atoms with Gasteiger partial charge in [-0.25, -0.2) is 4.98 Å². The minimum atomic E-state index is 0.666. The summed E-state index contributed by atoms with van der Waals surface area (Å²) in [4.78, 5) is 11.9. The molecule has 0 aliphatic rings. The van der Waals surface area contributed by atoms with Crippen LogP contribution < -0.4 is 5.73 Å². The number of aromatic amines is 1. The lowest BCUT2D eigenvalue weighted by Gasteiger charge is -1.99. The summed E-state index contributed by atoms with van der Waals surface area (Å²) in [6.07, 6.45) is 3.52. The van der Waals surface area contributed by atoms with Gasteiger partial charge in [0, 0.05) is 28.6 Å². The van der Waals surface area contributed by atoms with E-state index in [1.807, 2.05) is 12.1 Å². The van der Waals surface area contributed by atoms with E-state index in [1.54, 1.807) is 24.5 Å². The minimum Gasteiger partial charge on any atom is -0.397 e. The van der Waals surface area contributed by atoms with Crippen molar-refractivity contribution in [2.75, 3.05) is 5.73 Å². The van der Waals surface area contributed by atoms with Gasteiger partial charge in [0.2, 0.25) is 0 Å². The summed E-state index contributed by atoms with van der Waals surface area (Å²) in [6, 6.07) is 7.52. The van der Waals surface area contributed by atoms with Crippen molar-refractivity contribution >= 4 is 50.1 Å². The third kappa shape index (κ3) is 1.40. The molecule has 4 aromatic rings. The lowest BCUT2D eigenvalue weighted by Crippen LogP contribution is -1.85. The molecule has 0 aliphatic carbocycles. The summed E-state index contributed by atoms with van der Waals surface area (Å²) < 4.78 is 0. The van der Waals surface area contributed by atoms with Crippen molar-refractivity contribution in [3.05, 3.63) is 41.7 Å². The molecule has 3 N–H and O–H groups in total. The minimum absolute atomic E-state index is 0.666. The normalized spacial score (nSPS) is 11.6. The van der Waals surface area contributed by atoms with Crippen molar-refractivity contribution in [1.82, 2.24) is 15.0 Å². The number of aromatic nitrogens is 3. The molecular formula is C14H9ClN4. The fourth-order valence-corrected chi connectivity index (χ4v) is 2.67. The summed E-state index contributed by atoms with van der Waals surface area (Å²) in [7, 11) is 0. The van der Waals surface area contributed by atoms with Gasteiger partial charge in [0.15, 0.2) is 0 Å². The topological polar surface area (TPSA) is 67.6 Å². The highest BCUT2D eigenvalue weighted by molar-refractivity contribution is 6.38. The lowest BCUT2D eigenvalue weighted by atomic mass is 10.1. The first-order valence-corrected chi connectivity index (χ1v) is 6.22. The van der Waals surface area contributed by atoms with E-state index in [1.165, 1.54) is 0 Å². The molecule has 5 heteroatoms. The maximum Gasteiger partial charge on any atom is 0.139 e. The number of fused-ring (bicyclic) bond motifs is 4. The summed E-state index contributed by atoms with van der Waals surface area (Å²) in [5.41, 5.74) is 9.16. The first-order valence-electron chi connectivity index (χ1n) is 5.84. The molecule has 3 heterocycles. The molecule has 0 fully saturated rings. The molecule has 0 bridgehead atoms. The predicted octanol–water partition coefficient (Wildman–Crippen LogP) is 3.50. The Labute approximate surface area is 113 Å². The zero-order valence-corrected chi connectivity index (χ0v) is 10.6. The smallest absolute Gasteiger partial charge is 0.139 e. The van der Waals surface area contributed by atoms with Gasteiger partial charge in [-0.2, -0.15) is 0 Å². The molecule has 0 spiro atoms. The fourth-order valence-electron chi connectivity index (χ4n) is 2.41. The molecule has 0 amide bonds. The molecule has 0 aliphatic heterocycles. The number of nitrogen functional groups attached to an aromatic ring is 1. The van der Waals surface area contributed by atoms with Crippen LogP contribution in [0.4, 0.5) is 5.69 Å². The molecule has 1 aromatic carbocycles. The third-order valence-electron chi connectivity index (χ3n) is 3.31. The second-order valence-corrected chi connectivity index (χ2v) is 4.87. The van der Waals surface area contributed by atoms with Crippen LogP contribution in [-0.2, 0) is 0 Å². The van der Waals surface area contributed by atoms with Crippen molar-refractivity contribution in [1.29, 1.82) is 0 Å². The maximum atomic E-state index is 6.28. The van der Waals surface area contributed by atoms with Crippen LogP contribution in [0.25, 0.3) is 32.8 Å². The van der Waals surface area contributed by atoms with Gasteiger partial charge in [0.25, 0.3) is 0 Å². The van der Waals surface area contributed by atoms with Gasteiger partial charge in [0.1, 0.15) is 5.65 Å². The first kappa shape index (κ1) is 10.6. The number of halogens is 1. The third-order valence-corrected chi connectivity index (χ3v) is 3.63. The number of nitrogens with one attached hydrogen (secondary N) is 1. The molecule has 0 radical (unpaired) electrons. The van der Waals surface area contributed by atoms with Gasteiger partial charge >= 0.3 is 0 Å². The van der Waals surface area contributed by atoms with Gasteiger partial charge in [0.05, 0.1) is 21.7 Å². The molecule has 4 nitrogen and oxygen atoms in total. The highest BCUT2D eigenvalue weighted by atomic mass is 35.5. The number of pyridine rings is 2. The second kappa shape index (κ2) is 3.59. The van der Waals surface area contributed by atoms with E-state index in [-0.39, 0.29) is 0 Å². The fraction of sp³-hybridized carbons (Fsp3) is 0. The number of nitrogens with zero attached hydrogens (tertiary/aromatic N) is 2. The van der Waals surface area contributed by atoms with Crippen LogP contribution in [0.1, 0.15) is 0 Å². The molecule has 0 atom stereocenters. The van der Waals surface area contributed by atoms with E-state index in [2.05, 4.69) is 15.0 Å². The van der Waals surface area contributed by atoms with Crippen LogP contribution in [-0.4, -0.2) is 15.0 Å². The number of anilines is 1. The molecule has 4 rings (SSSR count). The van der Waals surface area contributed by atoms with Gasteiger partial charge in [-0.3, -0.25) is 4.98 Å². The lowest BCUT2D eigenvalue weighted by molar-refractivity contribution is 1.33. The van der Waals surface area contributed by atoms with Crippen molar-refractivity contribution in [2.45, 2.75) is 0 Å². The summed E-state index contributed by atoms with van der Waals surface area (Å²) in [5.74, 6) is 0. The van der Waals surface area contributed by atoms with Crippen LogP contribution in [0, 0.1) is 0 Å². The summed E-state index contributed by atoms with van der Waals surface area (Å²) >= 11 is 6.28. The zero-order valence-electron chi connectivity index (χ0n) is 9.81. The van der Waals surface area contributed by atoms with E-state index in [0.29, 0.717) is 10.7 Å². The van der Waals surface area contributed by atoms with E-state index < -0.39 is 0 Å². The Bertz CT molecular complexity index is 942. The molecule has 0 saturated heterocycles. The number of nitrogens with two attached hydrogens (primary N) is 1. The van der Waals surface area contributed by atoms with E-state index in [4.69, 9.17) is 17.3 Å². The summed E-state index contributed by atoms with van der Waals surface area (Å²) in [5, 5.41) is 3.53. The highest BCUT2D eigenvalue weighted by Gasteiger charge is 2.12. The molecule has 92 valence electrons. The SMILES string of the molecule is Nc1ccc(Cl)c2c1[nH]c1nc3ccncc3cc12. The first-order chi connectivity index (χ1) is 9.24. The molecule has 19 heavy (non-hydrogen) atoms. The van der Waals surface area contributed by atoms with Gasteiger partial charge in [-0.1, -0.05) is 11.6 Å². The van der Waals surface area contributed by atoms with Crippen LogP contribution >= 0.6 is 11.6 Å². The monoisotopic (exact) mass is 268 g/mol. The van der Waals surface area contributed by atoms with Crippen molar-refractivity contribution in [2.24, 2.45) is 0 Å². The average Bonchev–Trinajstić information content (AvgIpc) is 2.80. The van der Waals surface area contributed by atoms with Gasteiger partial charge < -0.3 is 10.7 Å². The standard InChI is InChI=1S/C14H9ClN4/c15-9-1-2-10(16)13-12(9)8-5-7-6-17-4-3-11(7)18-14(8)19-13/h1-6H,16H2,(H,18,19). The summed E-state index contributed by atoms with van der Waals surface area (Å²) in [6.45, 7) is 0. The van der Waals surface area contributed by atoms with E-state index in [0.717, 1.165) is 32.8 Å². The maximum absolute atomic E-state index is 6.28. The zero-order chi connectivity index (χ0) is 13.0. The van der Waals surface area contributed by atoms with Crippen LogP contribution in [0.5, 0.6) is 0 Å². The van der Waals surface area contributed by atoms with E-state index in [9.17, 15) is 0 Å². The number of benzene rings is 1. The van der Waals surface area contributed by atoms with Gasteiger partial charge in [-0.05, 0) is 24.3 Å². The number of H-pyrrole nitrogens is 1. The molecular weight excluding hydrogens is 260 g/mol. The van der Waals surface area contributed by atoms with Crippen molar-refractivity contribution in [3.63, 3.8) is 0 Å². The Kier molecular flexibility index (Phi) is 2.00. The predicted molar refractivity (Wildman–Crippen MR) is 78.3 cm³/mol. The second-order valence-electron chi connectivity index (χ2n) is 4.46. The number of hydrogen-bond acceptors (Lipinski definition) is 3. The Balaban J connectivity index is 2.30. The van der Waals surface area contributed by atoms with Crippen LogP contribution in [0.15, 0.2) is 36.7 Å². The van der Waals surface area contributed by atoms with E-state index >= 15 is 0 Å². The Morgan fingerprint density at radius 1 is 1.21 bits per heavy atom. The van der Waals surface area contributed by atoms with Gasteiger partial charge in [-0.15, -0.1) is 0 Å². The Hall–Kier alpha value is -2.33. The Morgan fingerprint density at radius 2 is 2.11 bits per heavy atom. The Morgan fingerprint density at radius 3 is 3.00 bits per heavy atom.